The molecule has 0 aliphatic carbocycles. The quantitative estimate of drug-likeness (QED) is 0.203. The summed E-state index contributed by atoms with van der Waals surface area (Å²) in [6.45, 7) is 0. The summed E-state index contributed by atoms with van der Waals surface area (Å²) in [4.78, 5) is 128. The molecule has 0 N–H and O–H groups in total. The molecule has 0 bridgehead atoms. The zero-order chi connectivity index (χ0) is 22.5. The Morgan fingerprint density at radius 1 is 0.250 bits per heavy atom. The van der Waals surface area contributed by atoms with Gasteiger partial charge in [0.2, 0.25) is 0 Å². The van der Waals surface area contributed by atoms with Crippen molar-refractivity contribution in [2.45, 2.75) is 0 Å². The maximum atomic E-state index is 8.55. The fourth-order valence-electron chi connectivity index (χ4n) is 0. The minimum atomic E-state index is -5.39. The van der Waals surface area contributed by atoms with Crippen LogP contribution in [0.3, 0.4) is 0 Å². The van der Waals surface area contributed by atoms with Gasteiger partial charge in [0.05, 0.1) is 0 Å². The Morgan fingerprint density at radius 3 is 0.250 bits per heavy atom. The summed E-state index contributed by atoms with van der Waals surface area (Å²) in [5.74, 6) is 0. The van der Waals surface area contributed by atoms with Crippen LogP contribution in [0.5, 0.6) is 0 Å². The minimum Gasteiger partial charge on any atom is -0.822 e. The number of hydrogen-bond donors (Lipinski definition) is 0. The summed E-state index contributed by atoms with van der Waals surface area (Å²) < 4.78 is 42.7. The van der Waals surface area contributed by atoms with Crippen molar-refractivity contribution in [3.05, 3.63) is 0 Å². The molecule has 169 valence electrons. The Balaban J connectivity index is -0.0000000290. The molecule has 0 aromatic rings. The SMILES string of the molecule is O=P([O-])([O-])[O-].O=P([O-])([O-])[O-].O=P([O-])([O-])[O-].O=P([O-])([O-])[O-].O=P([O-])([O-])[O-].[Pa].[Pa].[Pa]. The Morgan fingerprint density at radius 2 is 0.250 bits per heavy atom. The maximum Gasteiger partial charge on any atom is 0 e. The molecule has 20 nitrogen and oxygen atoms in total. The topological polar surface area (TPSA) is 431 Å². The van der Waals surface area contributed by atoms with Crippen LogP contribution in [0, 0.1) is 96.9 Å². The molecule has 0 amide bonds. The van der Waals surface area contributed by atoms with E-state index in [1.807, 2.05) is 0 Å². The first-order valence-corrected chi connectivity index (χ1v) is 11.0. The molecule has 0 saturated carbocycles. The van der Waals surface area contributed by atoms with Gasteiger partial charge < -0.3 is 96.2 Å². The molecular formula is O20P5Pa3-15. The molecule has 28 heavy (non-hydrogen) atoms. The van der Waals surface area contributed by atoms with Crippen LogP contribution in [0.2, 0.25) is 0 Å². The van der Waals surface area contributed by atoms with E-state index in [1.54, 1.807) is 0 Å². The molecule has 0 atom stereocenters. The third-order valence-electron chi connectivity index (χ3n) is 0. The van der Waals surface area contributed by atoms with Crippen LogP contribution in [-0.2, 0) is 22.8 Å². The third-order valence-corrected chi connectivity index (χ3v) is 0. The summed E-state index contributed by atoms with van der Waals surface area (Å²) in [5.41, 5.74) is 0. The summed E-state index contributed by atoms with van der Waals surface area (Å²) >= 11 is 0. The van der Waals surface area contributed by atoms with Crippen LogP contribution in [0.1, 0.15) is 0 Å². The van der Waals surface area contributed by atoms with Crippen LogP contribution in [0.4, 0.5) is 0 Å². The zero-order valence-electron chi connectivity index (χ0n) is 12.1. The average Bonchev–Trinajstić information content (AvgIpc) is 1.79. The van der Waals surface area contributed by atoms with E-state index in [4.69, 9.17) is 96.2 Å². The van der Waals surface area contributed by atoms with Crippen molar-refractivity contribution in [1.29, 1.82) is 0 Å². The molecule has 0 unspecified atom stereocenters. The summed E-state index contributed by atoms with van der Waals surface area (Å²) in [6, 6.07) is 0. The van der Waals surface area contributed by atoms with Gasteiger partial charge in [0, 0.05) is 96.9 Å². The Labute approximate surface area is 229 Å². The summed E-state index contributed by atoms with van der Waals surface area (Å²) in [7, 11) is -26.9. The van der Waals surface area contributed by atoms with Crippen molar-refractivity contribution in [3.8, 4) is 0 Å². The van der Waals surface area contributed by atoms with Crippen molar-refractivity contribution in [2.24, 2.45) is 0 Å². The van der Waals surface area contributed by atoms with E-state index >= 15 is 0 Å². The normalized spacial score (nSPS) is 10.5. The molecule has 28 heteroatoms. The van der Waals surface area contributed by atoms with E-state index in [1.165, 1.54) is 0 Å². The number of phosphoric acid groups is 5. The van der Waals surface area contributed by atoms with E-state index in [-0.39, 0.29) is 96.9 Å². The van der Waals surface area contributed by atoms with Gasteiger partial charge in [-0.05, 0) is 0 Å². The monoisotopic (exact) mass is 1170 g/mol. The van der Waals surface area contributed by atoms with Crippen molar-refractivity contribution in [3.63, 3.8) is 0 Å². The van der Waals surface area contributed by atoms with Gasteiger partial charge >= 0.3 is 0 Å². The van der Waals surface area contributed by atoms with E-state index in [2.05, 4.69) is 0 Å². The first kappa shape index (κ1) is 53.3. The van der Waals surface area contributed by atoms with Gasteiger partial charge in [0.1, 0.15) is 0 Å². The Hall–Kier alpha value is 3.82. The van der Waals surface area contributed by atoms with Crippen molar-refractivity contribution >= 4 is 39.1 Å². The zero-order valence-corrected chi connectivity index (χ0v) is 31.0. The van der Waals surface area contributed by atoms with Crippen LogP contribution in [-0.4, -0.2) is 0 Å². The molecule has 0 aromatic carbocycles. The summed E-state index contributed by atoms with van der Waals surface area (Å²) in [6.07, 6.45) is 0. The Kier molecular flexibility index (Phi) is 45.6. The van der Waals surface area contributed by atoms with Crippen LogP contribution in [0.15, 0.2) is 0 Å². The molecule has 0 heterocycles. The van der Waals surface area contributed by atoms with Crippen LogP contribution < -0.4 is 73.4 Å². The smallest absolute Gasteiger partial charge is 0 e. The van der Waals surface area contributed by atoms with E-state index in [0.29, 0.717) is 0 Å². The maximum absolute atomic E-state index is 8.55. The van der Waals surface area contributed by atoms with E-state index in [0.717, 1.165) is 0 Å². The van der Waals surface area contributed by atoms with Gasteiger partial charge in [-0.2, -0.15) is 39.1 Å². The minimum absolute atomic E-state index is 0. The molecule has 0 aliphatic rings. The fourth-order valence-corrected chi connectivity index (χ4v) is 0. The first-order valence-electron chi connectivity index (χ1n) is 3.65. The predicted molar refractivity (Wildman–Crippen MR) is 38.0 cm³/mol. The summed E-state index contributed by atoms with van der Waals surface area (Å²) in [5, 5.41) is 0. The first-order chi connectivity index (χ1) is 10.0. The van der Waals surface area contributed by atoms with Crippen molar-refractivity contribution in [1.82, 2.24) is 0 Å². The van der Waals surface area contributed by atoms with Crippen LogP contribution >= 0.6 is 39.1 Å². The Bertz CT molecular complexity index is 379. The molecule has 0 saturated heterocycles. The molecule has 0 spiro atoms. The molecule has 0 fully saturated rings. The van der Waals surface area contributed by atoms with Crippen molar-refractivity contribution in [2.75, 3.05) is 0 Å². The van der Waals surface area contributed by atoms with Gasteiger partial charge in [-0.3, -0.25) is 0 Å². The van der Waals surface area contributed by atoms with Gasteiger partial charge in [-0.15, -0.1) is 0 Å². The van der Waals surface area contributed by atoms with E-state index in [9.17, 15) is 0 Å². The third kappa shape index (κ3) is 1700. The van der Waals surface area contributed by atoms with E-state index < -0.39 is 39.1 Å². The second kappa shape index (κ2) is 24.0. The van der Waals surface area contributed by atoms with Gasteiger partial charge in [0.15, 0.2) is 0 Å². The molecule has 3 radical (unpaired) electrons. The predicted octanol–water partition coefficient (Wildman–Crippen LogP) is -14.1. The molecule has 0 rings (SSSR count). The second-order valence-electron chi connectivity index (χ2n) is 2.24. The number of hydrogen-bond acceptors (Lipinski definition) is 20. The molecule has 0 aromatic heterocycles. The standard InChI is InChI=1S/5H3O4P.3Pa/c5*1-5(2,3)4;;;/h5*(H3,1,2,3,4);;;/p-15. The average molecular weight is 1170 g/mol. The largest absolute Gasteiger partial charge is 0.822 e. The number of rotatable bonds is 0. The van der Waals surface area contributed by atoms with Gasteiger partial charge in [-0.1, -0.05) is 0 Å². The van der Waals surface area contributed by atoms with Gasteiger partial charge in [-0.25, -0.2) is 0 Å². The van der Waals surface area contributed by atoms with Crippen LogP contribution in [0.25, 0.3) is 0 Å². The van der Waals surface area contributed by atoms with Crippen molar-refractivity contribution < 1.29 is 193 Å². The fraction of sp³-hybridized carbons (Fsp3) is 0. The molecule has 0 aliphatic heterocycles. The molecular weight excluding hydrogens is 1170 g/mol. The second-order valence-corrected chi connectivity index (χ2v) is 6.71. The van der Waals surface area contributed by atoms with Gasteiger partial charge in [0.25, 0.3) is 0 Å².